The maximum Gasteiger partial charge on any atom is 0.373 e. The second kappa shape index (κ2) is 11.7. The zero-order chi connectivity index (χ0) is 24.6. The molecule has 1 aromatic heterocycles. The van der Waals surface area contributed by atoms with Gasteiger partial charge in [0.1, 0.15) is 11.5 Å². The van der Waals surface area contributed by atoms with Crippen LogP contribution in [0.3, 0.4) is 0 Å². The van der Waals surface area contributed by atoms with Gasteiger partial charge in [-0.05, 0) is 87.4 Å². The molecule has 4 rings (SSSR count). The van der Waals surface area contributed by atoms with Gasteiger partial charge in [-0.2, -0.15) is 0 Å². The van der Waals surface area contributed by atoms with Crippen LogP contribution < -0.4 is 4.74 Å². The van der Waals surface area contributed by atoms with E-state index < -0.39 is 5.97 Å². The van der Waals surface area contributed by atoms with Crippen LogP contribution in [0.4, 0.5) is 0 Å². The second-order valence-corrected chi connectivity index (χ2v) is 8.47. The Kier molecular flexibility index (Phi) is 8.24. The van der Waals surface area contributed by atoms with E-state index in [4.69, 9.17) is 18.6 Å². The van der Waals surface area contributed by atoms with Crippen LogP contribution in [0.5, 0.6) is 5.75 Å². The molecule has 6 heteroatoms. The molecule has 0 atom stereocenters. The summed E-state index contributed by atoms with van der Waals surface area (Å²) in [5.41, 5.74) is 5.30. The molecule has 0 spiro atoms. The van der Waals surface area contributed by atoms with Gasteiger partial charge in [0.25, 0.3) is 0 Å². The molecular weight excluding hydrogens is 442 g/mol. The van der Waals surface area contributed by atoms with Crippen LogP contribution >= 0.6 is 0 Å². The van der Waals surface area contributed by atoms with Crippen molar-refractivity contribution in [1.29, 1.82) is 0 Å². The average molecular weight is 476 g/mol. The van der Waals surface area contributed by atoms with E-state index in [1.807, 2.05) is 56.3 Å². The smallest absolute Gasteiger partial charge is 0.373 e. The highest BCUT2D eigenvalue weighted by Crippen LogP contribution is 2.34. The number of benzene rings is 2. The van der Waals surface area contributed by atoms with Crippen LogP contribution in [0, 0.1) is 6.92 Å². The fourth-order valence-corrected chi connectivity index (χ4v) is 4.41. The number of carbonyl (C=O) groups excluding carboxylic acids is 1. The predicted octanol–water partition coefficient (Wildman–Crippen LogP) is 6.09. The van der Waals surface area contributed by atoms with Gasteiger partial charge in [-0.25, -0.2) is 9.78 Å². The zero-order valence-corrected chi connectivity index (χ0v) is 20.8. The van der Waals surface area contributed by atoms with Crippen molar-refractivity contribution < 1.29 is 23.4 Å². The highest BCUT2D eigenvalue weighted by Gasteiger charge is 2.20. The molecule has 0 bridgehead atoms. The number of hydrogen-bond acceptors (Lipinski definition) is 6. The van der Waals surface area contributed by atoms with Crippen LogP contribution in [-0.2, 0) is 33.5 Å². The van der Waals surface area contributed by atoms with Crippen molar-refractivity contribution in [1.82, 2.24) is 4.98 Å². The van der Waals surface area contributed by atoms with Crippen molar-refractivity contribution in [3.8, 4) is 17.2 Å². The summed E-state index contributed by atoms with van der Waals surface area (Å²) >= 11 is 0. The van der Waals surface area contributed by atoms with Gasteiger partial charge >= 0.3 is 5.97 Å². The number of rotatable bonds is 10. The number of aryl methyl sites for hydroxylation is 1. The summed E-state index contributed by atoms with van der Waals surface area (Å²) in [5.74, 6) is 2.16. The summed E-state index contributed by atoms with van der Waals surface area (Å²) < 4.78 is 22.9. The van der Waals surface area contributed by atoms with E-state index in [1.165, 1.54) is 11.1 Å². The lowest BCUT2D eigenvalue weighted by molar-refractivity contribution is -0.142. The van der Waals surface area contributed by atoms with E-state index in [0.29, 0.717) is 32.1 Å². The molecule has 0 radical (unpaired) electrons. The SMILES string of the molecule is CCOC(=O)/C(=C\c1ccc(OCCc2nc(-c3ccccc3)oc2C)c2c1CCCC2)OCC. The number of nitrogens with zero attached hydrogens (tertiary/aromatic N) is 1. The molecule has 0 fully saturated rings. The number of oxazole rings is 1. The fraction of sp³-hybridized carbons (Fsp3) is 0.379. The molecule has 1 aliphatic rings. The van der Waals surface area contributed by atoms with E-state index in [9.17, 15) is 4.79 Å². The van der Waals surface area contributed by atoms with Crippen LogP contribution in [0.2, 0.25) is 0 Å². The zero-order valence-electron chi connectivity index (χ0n) is 20.8. The first-order valence-corrected chi connectivity index (χ1v) is 12.4. The maximum absolute atomic E-state index is 12.3. The van der Waals surface area contributed by atoms with Crippen molar-refractivity contribution in [2.45, 2.75) is 52.9 Å². The summed E-state index contributed by atoms with van der Waals surface area (Å²) in [6.07, 6.45) is 6.60. The van der Waals surface area contributed by atoms with Crippen molar-refractivity contribution in [2.24, 2.45) is 0 Å². The van der Waals surface area contributed by atoms with Gasteiger partial charge in [0.2, 0.25) is 11.6 Å². The van der Waals surface area contributed by atoms with Crippen LogP contribution in [-0.4, -0.2) is 30.8 Å². The molecular formula is C29H33NO5. The summed E-state index contributed by atoms with van der Waals surface area (Å²) in [5, 5.41) is 0. The first-order chi connectivity index (χ1) is 17.1. The Hall–Kier alpha value is -3.54. The molecule has 0 saturated carbocycles. The standard InChI is InChI=1S/C29H33NO5/c1-4-32-27(29(31)33-5-2)19-22-15-16-26(24-14-10-9-13-23(22)24)34-18-17-25-20(3)35-28(30-25)21-11-7-6-8-12-21/h6-8,11-12,15-16,19H,4-5,9-10,13-14,17-18H2,1-3H3/b27-19+. The van der Waals surface area contributed by atoms with E-state index in [-0.39, 0.29) is 5.76 Å². The van der Waals surface area contributed by atoms with Crippen molar-refractivity contribution in [2.75, 3.05) is 19.8 Å². The van der Waals surface area contributed by atoms with Crippen molar-refractivity contribution in [3.05, 3.63) is 76.4 Å². The van der Waals surface area contributed by atoms with Gasteiger partial charge in [-0.1, -0.05) is 24.3 Å². The van der Waals surface area contributed by atoms with Crippen molar-refractivity contribution >= 4 is 12.0 Å². The Labute approximate surface area is 206 Å². The molecule has 2 aromatic carbocycles. The molecule has 0 N–H and O–H groups in total. The minimum atomic E-state index is -0.433. The van der Waals surface area contributed by atoms with Gasteiger partial charge in [-0.15, -0.1) is 0 Å². The molecule has 0 saturated heterocycles. The number of hydrogen-bond donors (Lipinski definition) is 0. The first kappa shape index (κ1) is 24.6. The van der Waals surface area contributed by atoms with Crippen molar-refractivity contribution in [3.63, 3.8) is 0 Å². The van der Waals surface area contributed by atoms with Gasteiger partial charge in [0.05, 0.1) is 25.5 Å². The Morgan fingerprint density at radius 3 is 2.49 bits per heavy atom. The summed E-state index contributed by atoms with van der Waals surface area (Å²) in [6, 6.07) is 13.9. The van der Waals surface area contributed by atoms with Gasteiger partial charge < -0.3 is 18.6 Å². The number of esters is 1. The molecule has 184 valence electrons. The third kappa shape index (κ3) is 5.94. The second-order valence-electron chi connectivity index (χ2n) is 8.47. The Bertz CT molecular complexity index is 1180. The van der Waals surface area contributed by atoms with E-state index in [0.717, 1.165) is 54.0 Å². The molecule has 1 aliphatic carbocycles. The van der Waals surface area contributed by atoms with Crippen LogP contribution in [0.25, 0.3) is 17.5 Å². The fourth-order valence-electron chi connectivity index (χ4n) is 4.41. The lowest BCUT2D eigenvalue weighted by atomic mass is 9.87. The van der Waals surface area contributed by atoms with Crippen LogP contribution in [0.15, 0.2) is 52.6 Å². The Balaban J connectivity index is 1.50. The van der Waals surface area contributed by atoms with Crippen LogP contribution in [0.1, 0.15) is 54.8 Å². The predicted molar refractivity (Wildman–Crippen MR) is 135 cm³/mol. The molecule has 3 aromatic rings. The van der Waals surface area contributed by atoms with Gasteiger partial charge in [0, 0.05) is 12.0 Å². The number of aromatic nitrogens is 1. The highest BCUT2D eigenvalue weighted by atomic mass is 16.6. The maximum atomic E-state index is 12.3. The summed E-state index contributed by atoms with van der Waals surface area (Å²) in [4.78, 5) is 17.0. The molecule has 0 amide bonds. The topological polar surface area (TPSA) is 70.8 Å². The van der Waals surface area contributed by atoms with Gasteiger partial charge in [0.15, 0.2) is 0 Å². The molecule has 0 aliphatic heterocycles. The summed E-state index contributed by atoms with van der Waals surface area (Å²) in [7, 11) is 0. The van der Waals surface area contributed by atoms with Gasteiger partial charge in [-0.3, -0.25) is 0 Å². The molecule has 0 unspecified atom stereocenters. The molecule has 6 nitrogen and oxygen atoms in total. The van der Waals surface area contributed by atoms with E-state index >= 15 is 0 Å². The number of carbonyl (C=O) groups is 1. The molecule has 1 heterocycles. The lowest BCUT2D eigenvalue weighted by Crippen LogP contribution is -2.12. The largest absolute Gasteiger partial charge is 0.493 e. The third-order valence-electron chi connectivity index (χ3n) is 6.10. The first-order valence-electron chi connectivity index (χ1n) is 12.4. The normalized spacial score (nSPS) is 13.3. The Morgan fingerprint density at radius 2 is 1.74 bits per heavy atom. The minimum Gasteiger partial charge on any atom is -0.493 e. The quantitative estimate of drug-likeness (QED) is 0.201. The monoisotopic (exact) mass is 475 g/mol. The third-order valence-corrected chi connectivity index (χ3v) is 6.10. The summed E-state index contributed by atoms with van der Waals surface area (Å²) in [6.45, 7) is 6.82. The number of fused-ring (bicyclic) bond motifs is 1. The lowest BCUT2D eigenvalue weighted by Gasteiger charge is -2.22. The number of ether oxygens (including phenoxy) is 3. The highest BCUT2D eigenvalue weighted by molar-refractivity contribution is 5.91. The molecule has 35 heavy (non-hydrogen) atoms. The van der Waals surface area contributed by atoms with E-state index in [2.05, 4.69) is 4.98 Å². The Morgan fingerprint density at radius 1 is 1.00 bits per heavy atom. The van der Waals surface area contributed by atoms with E-state index in [1.54, 1.807) is 13.0 Å². The average Bonchev–Trinajstić information content (AvgIpc) is 3.26. The minimum absolute atomic E-state index is 0.242.